The second-order valence-electron chi connectivity index (χ2n) is 7.83. The van der Waals surface area contributed by atoms with Crippen molar-refractivity contribution in [2.45, 2.75) is 58.9 Å². The first kappa shape index (κ1) is 19.1. The van der Waals surface area contributed by atoms with E-state index in [1.807, 2.05) is 0 Å². The summed E-state index contributed by atoms with van der Waals surface area (Å²) in [5.41, 5.74) is 2.59. The third-order valence-electron chi connectivity index (χ3n) is 5.83. The average Bonchev–Trinajstić information content (AvgIpc) is 2.59. The van der Waals surface area contributed by atoms with Crippen LogP contribution < -0.4 is 10.6 Å². The van der Waals surface area contributed by atoms with E-state index in [-0.39, 0.29) is 0 Å². The quantitative estimate of drug-likeness (QED) is 0.817. The lowest BCUT2D eigenvalue weighted by Crippen LogP contribution is -2.40. The van der Waals surface area contributed by atoms with Crippen LogP contribution in [0.15, 0.2) is 42.6 Å². The van der Waals surface area contributed by atoms with E-state index in [9.17, 15) is 0 Å². The maximum Gasteiger partial charge on any atom is 0.0423 e. The van der Waals surface area contributed by atoms with Crippen LogP contribution in [-0.4, -0.2) is 19.1 Å². The van der Waals surface area contributed by atoms with E-state index >= 15 is 0 Å². The highest BCUT2D eigenvalue weighted by Gasteiger charge is 2.20. The largest absolute Gasteiger partial charge is 0.384 e. The van der Waals surface area contributed by atoms with Crippen LogP contribution in [0.5, 0.6) is 0 Å². The Balaban J connectivity index is 1.97. The maximum atomic E-state index is 4.30. The van der Waals surface area contributed by atoms with E-state index < -0.39 is 0 Å². The number of nitrogens with one attached hydrogen (secondary N) is 2. The van der Waals surface area contributed by atoms with Gasteiger partial charge in [-0.1, -0.05) is 57.7 Å². The van der Waals surface area contributed by atoms with E-state index in [2.05, 4.69) is 68.3 Å². The highest BCUT2D eigenvalue weighted by atomic mass is 15.0. The summed E-state index contributed by atoms with van der Waals surface area (Å²) in [6.07, 6.45) is 5.98. The van der Waals surface area contributed by atoms with E-state index in [1.54, 1.807) is 0 Å². The van der Waals surface area contributed by atoms with Gasteiger partial charge in [0.05, 0.1) is 0 Å². The van der Waals surface area contributed by atoms with Crippen LogP contribution in [0.2, 0.25) is 0 Å². The van der Waals surface area contributed by atoms with Crippen molar-refractivity contribution in [2.75, 3.05) is 13.1 Å². The molecular weight excluding hydrogens is 292 g/mol. The van der Waals surface area contributed by atoms with Crippen molar-refractivity contribution in [3.63, 3.8) is 0 Å². The van der Waals surface area contributed by atoms with Gasteiger partial charge in [-0.25, -0.2) is 0 Å². The molecule has 2 N–H and O–H groups in total. The van der Waals surface area contributed by atoms with Gasteiger partial charge in [-0.3, -0.25) is 0 Å². The zero-order chi connectivity index (χ0) is 17.4. The van der Waals surface area contributed by atoms with Crippen LogP contribution in [0, 0.1) is 17.8 Å². The summed E-state index contributed by atoms with van der Waals surface area (Å²) >= 11 is 0. The predicted octanol–water partition coefficient (Wildman–Crippen LogP) is 4.77. The van der Waals surface area contributed by atoms with E-state index in [0.717, 1.165) is 43.7 Å². The van der Waals surface area contributed by atoms with Crippen LogP contribution in [0.1, 0.15) is 52.0 Å². The minimum Gasteiger partial charge on any atom is -0.384 e. The van der Waals surface area contributed by atoms with Crippen LogP contribution >= 0.6 is 0 Å². The summed E-state index contributed by atoms with van der Waals surface area (Å²) < 4.78 is 0. The molecule has 4 atom stereocenters. The summed E-state index contributed by atoms with van der Waals surface area (Å²) in [7, 11) is 0. The van der Waals surface area contributed by atoms with Gasteiger partial charge in [0, 0.05) is 18.3 Å². The molecule has 1 aliphatic rings. The number of allylic oxidation sites excluding steroid dienone is 1. The molecule has 0 bridgehead atoms. The van der Waals surface area contributed by atoms with E-state index in [0.29, 0.717) is 6.04 Å². The molecule has 1 fully saturated rings. The topological polar surface area (TPSA) is 24.1 Å². The molecule has 1 aliphatic heterocycles. The third-order valence-corrected chi connectivity index (χ3v) is 5.83. The molecule has 0 amide bonds. The molecular formula is C22H36N2. The summed E-state index contributed by atoms with van der Waals surface area (Å²) in [6.45, 7) is 13.7. The van der Waals surface area contributed by atoms with Gasteiger partial charge in [-0.2, -0.15) is 0 Å². The van der Waals surface area contributed by atoms with Crippen molar-refractivity contribution in [1.29, 1.82) is 0 Å². The van der Waals surface area contributed by atoms with Crippen molar-refractivity contribution in [1.82, 2.24) is 10.6 Å². The molecule has 0 saturated carbocycles. The lowest BCUT2D eigenvalue weighted by molar-refractivity contribution is 0.250. The first-order valence-corrected chi connectivity index (χ1v) is 9.75. The average molecular weight is 329 g/mol. The highest BCUT2D eigenvalue weighted by molar-refractivity contribution is 5.16. The molecule has 0 spiro atoms. The number of hydrogen-bond acceptors (Lipinski definition) is 2. The molecule has 1 saturated heterocycles. The Morgan fingerprint density at radius 2 is 1.75 bits per heavy atom. The maximum absolute atomic E-state index is 4.30. The fraction of sp³-hybridized carbons (Fsp3) is 0.636. The minimum atomic E-state index is 0.422. The first-order valence-electron chi connectivity index (χ1n) is 9.75. The Hall–Kier alpha value is -1.28. The predicted molar refractivity (Wildman–Crippen MR) is 105 cm³/mol. The van der Waals surface area contributed by atoms with Crippen molar-refractivity contribution in [2.24, 2.45) is 17.8 Å². The summed E-state index contributed by atoms with van der Waals surface area (Å²) in [5, 5.41) is 7.35. The Labute approximate surface area is 149 Å². The van der Waals surface area contributed by atoms with Crippen molar-refractivity contribution in [3.05, 3.63) is 48.2 Å². The first-order chi connectivity index (χ1) is 11.6. The summed E-state index contributed by atoms with van der Waals surface area (Å²) in [4.78, 5) is 0. The number of hydrogen-bond donors (Lipinski definition) is 2. The van der Waals surface area contributed by atoms with E-state index in [4.69, 9.17) is 0 Å². The number of rotatable bonds is 2. The standard InChI is InChI=1S/C22H36N2/c1-17-9-8-14-23-16-22(15-21-10-6-5-7-11-21)24-19(3)13-12-18(2)20(17)4/h5-7,10-11,17-18,20,22-24H,3,8-9,12-16H2,1-2,4H3/t17?,18-,20?,22?/m0/s1. The minimum absolute atomic E-state index is 0.422. The van der Waals surface area contributed by atoms with Crippen molar-refractivity contribution < 1.29 is 0 Å². The summed E-state index contributed by atoms with van der Waals surface area (Å²) in [6, 6.07) is 11.2. The zero-order valence-corrected chi connectivity index (χ0v) is 15.9. The van der Waals surface area contributed by atoms with Gasteiger partial charge in [-0.15, -0.1) is 0 Å². The molecule has 24 heavy (non-hydrogen) atoms. The van der Waals surface area contributed by atoms with E-state index in [1.165, 1.54) is 30.5 Å². The van der Waals surface area contributed by atoms with Crippen LogP contribution in [0.25, 0.3) is 0 Å². The molecule has 0 aromatic heterocycles. The zero-order valence-electron chi connectivity index (χ0n) is 15.9. The second kappa shape index (κ2) is 9.88. The summed E-state index contributed by atoms with van der Waals surface area (Å²) in [5.74, 6) is 2.36. The van der Waals surface area contributed by atoms with Crippen LogP contribution in [0.4, 0.5) is 0 Å². The van der Waals surface area contributed by atoms with Gasteiger partial charge < -0.3 is 10.6 Å². The lowest BCUT2D eigenvalue weighted by atomic mass is 9.80. The Kier molecular flexibility index (Phi) is 7.84. The molecule has 3 unspecified atom stereocenters. The molecule has 2 rings (SSSR count). The van der Waals surface area contributed by atoms with Gasteiger partial charge in [-0.05, 0) is 62.0 Å². The normalized spacial score (nSPS) is 30.5. The Morgan fingerprint density at radius 3 is 2.50 bits per heavy atom. The molecule has 1 heterocycles. The van der Waals surface area contributed by atoms with Gasteiger partial charge in [0.25, 0.3) is 0 Å². The fourth-order valence-corrected chi connectivity index (χ4v) is 3.75. The van der Waals surface area contributed by atoms with Gasteiger partial charge in [0.2, 0.25) is 0 Å². The van der Waals surface area contributed by atoms with Gasteiger partial charge >= 0.3 is 0 Å². The smallest absolute Gasteiger partial charge is 0.0423 e. The molecule has 2 nitrogen and oxygen atoms in total. The van der Waals surface area contributed by atoms with Crippen molar-refractivity contribution in [3.8, 4) is 0 Å². The molecule has 0 aliphatic carbocycles. The molecule has 1 aromatic rings. The third kappa shape index (κ3) is 6.32. The molecule has 0 radical (unpaired) electrons. The number of benzene rings is 1. The molecule has 1 aromatic carbocycles. The van der Waals surface area contributed by atoms with Gasteiger partial charge in [0.15, 0.2) is 0 Å². The lowest BCUT2D eigenvalue weighted by Gasteiger charge is -2.26. The Bertz CT molecular complexity index is 482. The fourth-order valence-electron chi connectivity index (χ4n) is 3.75. The monoisotopic (exact) mass is 328 g/mol. The van der Waals surface area contributed by atoms with Gasteiger partial charge in [0.1, 0.15) is 0 Å². The molecule has 134 valence electrons. The highest BCUT2D eigenvalue weighted by Crippen LogP contribution is 2.28. The Morgan fingerprint density at radius 1 is 1.04 bits per heavy atom. The second-order valence-corrected chi connectivity index (χ2v) is 7.83. The van der Waals surface area contributed by atoms with Crippen LogP contribution in [0.3, 0.4) is 0 Å². The van der Waals surface area contributed by atoms with Crippen LogP contribution in [-0.2, 0) is 6.42 Å². The SMILES string of the molecule is C=C1CC[C@H](C)C(C)C(C)CCCNCC(Cc2ccccc2)N1. The van der Waals surface area contributed by atoms with Crippen molar-refractivity contribution >= 4 is 0 Å². The molecule has 2 heteroatoms.